The maximum absolute atomic E-state index is 12.4. The summed E-state index contributed by atoms with van der Waals surface area (Å²) in [4.78, 5) is 18.1. The Hall–Kier alpha value is -2.40. The Morgan fingerprint density at radius 3 is 2.78 bits per heavy atom. The number of nitrogens with zero attached hydrogens (tertiary/aromatic N) is 2. The molecule has 0 bridgehead atoms. The van der Waals surface area contributed by atoms with Gasteiger partial charge in [0, 0.05) is 18.3 Å². The van der Waals surface area contributed by atoms with Crippen LogP contribution in [0.5, 0.6) is 5.75 Å². The second-order valence-electron chi connectivity index (χ2n) is 5.57. The summed E-state index contributed by atoms with van der Waals surface area (Å²) in [5, 5.41) is 9.17. The fourth-order valence-corrected chi connectivity index (χ4v) is 2.03. The molecular formula is C18H22N2O3. The topological polar surface area (TPSA) is 62.7 Å². The molecule has 1 unspecified atom stereocenters. The third kappa shape index (κ3) is 4.53. The van der Waals surface area contributed by atoms with Crippen molar-refractivity contribution in [2.75, 3.05) is 13.7 Å². The largest absolute Gasteiger partial charge is 0.487 e. The number of aromatic nitrogens is 1. The fourth-order valence-electron chi connectivity index (χ4n) is 2.03. The number of carbonyl (C=O) groups is 1. The zero-order chi connectivity index (χ0) is 16.8. The van der Waals surface area contributed by atoms with E-state index >= 15 is 0 Å². The standard InChI is InChI=1S/C18H22N2O3/c1-13-7-8-17(10-19-13)23-12-15-5-4-6-16(9-15)18(22)20(3)14(2)11-21/h4-10,14,21H,11-12H2,1-3H3. The predicted octanol–water partition coefficient (Wildman–Crippen LogP) is 2.42. The summed E-state index contributed by atoms with van der Waals surface area (Å²) in [6.45, 7) is 4.02. The van der Waals surface area contributed by atoms with Gasteiger partial charge < -0.3 is 14.7 Å². The summed E-state index contributed by atoms with van der Waals surface area (Å²) in [6.07, 6.45) is 1.68. The monoisotopic (exact) mass is 314 g/mol. The lowest BCUT2D eigenvalue weighted by Crippen LogP contribution is -2.37. The molecule has 2 rings (SSSR count). The van der Waals surface area contributed by atoms with Gasteiger partial charge in [0.2, 0.25) is 0 Å². The van der Waals surface area contributed by atoms with Crippen molar-refractivity contribution in [2.24, 2.45) is 0 Å². The van der Waals surface area contributed by atoms with Gasteiger partial charge in [-0.3, -0.25) is 9.78 Å². The Labute approximate surface area is 136 Å². The number of aryl methyl sites for hydroxylation is 1. The number of carbonyl (C=O) groups excluding carboxylic acids is 1. The molecule has 1 aromatic heterocycles. The van der Waals surface area contributed by atoms with E-state index in [0.717, 1.165) is 11.3 Å². The Balaban J connectivity index is 2.04. The quantitative estimate of drug-likeness (QED) is 0.889. The Morgan fingerprint density at radius 2 is 2.13 bits per heavy atom. The molecule has 1 N–H and O–H groups in total. The van der Waals surface area contributed by atoms with E-state index in [4.69, 9.17) is 9.84 Å². The number of benzene rings is 1. The van der Waals surface area contributed by atoms with Crippen LogP contribution in [0.25, 0.3) is 0 Å². The number of ether oxygens (including phenoxy) is 1. The number of aliphatic hydroxyl groups excluding tert-OH is 1. The highest BCUT2D eigenvalue weighted by Gasteiger charge is 2.16. The van der Waals surface area contributed by atoms with Gasteiger partial charge in [-0.2, -0.15) is 0 Å². The minimum atomic E-state index is -0.221. The van der Waals surface area contributed by atoms with E-state index in [2.05, 4.69) is 4.98 Å². The maximum Gasteiger partial charge on any atom is 0.253 e. The van der Waals surface area contributed by atoms with Crippen molar-refractivity contribution in [2.45, 2.75) is 26.5 Å². The van der Waals surface area contributed by atoms with Gasteiger partial charge in [-0.05, 0) is 43.7 Å². The van der Waals surface area contributed by atoms with Crippen LogP contribution in [-0.2, 0) is 6.61 Å². The normalized spacial score (nSPS) is 11.8. The first-order valence-electron chi connectivity index (χ1n) is 7.53. The first-order valence-corrected chi connectivity index (χ1v) is 7.53. The molecule has 0 aliphatic heterocycles. The van der Waals surface area contributed by atoms with Crippen molar-refractivity contribution < 1.29 is 14.6 Å². The van der Waals surface area contributed by atoms with Gasteiger partial charge in [-0.1, -0.05) is 12.1 Å². The number of aliphatic hydroxyl groups is 1. The predicted molar refractivity (Wildman–Crippen MR) is 88.4 cm³/mol. The molecule has 0 spiro atoms. The highest BCUT2D eigenvalue weighted by atomic mass is 16.5. The van der Waals surface area contributed by atoms with Crippen LogP contribution in [0.15, 0.2) is 42.6 Å². The molecule has 0 aliphatic carbocycles. The second kappa shape index (κ2) is 7.74. The van der Waals surface area contributed by atoms with Crippen molar-refractivity contribution in [1.82, 2.24) is 9.88 Å². The van der Waals surface area contributed by atoms with Crippen LogP contribution in [0.3, 0.4) is 0 Å². The molecule has 1 aromatic carbocycles. The number of hydrogen-bond acceptors (Lipinski definition) is 4. The molecule has 0 aliphatic rings. The van der Waals surface area contributed by atoms with Crippen molar-refractivity contribution >= 4 is 5.91 Å². The zero-order valence-corrected chi connectivity index (χ0v) is 13.7. The number of pyridine rings is 1. The van der Waals surface area contributed by atoms with E-state index in [1.165, 1.54) is 4.90 Å². The highest BCUT2D eigenvalue weighted by molar-refractivity contribution is 5.94. The number of amides is 1. The summed E-state index contributed by atoms with van der Waals surface area (Å²) in [7, 11) is 1.68. The summed E-state index contributed by atoms with van der Waals surface area (Å²) in [5.74, 6) is 0.573. The lowest BCUT2D eigenvalue weighted by Gasteiger charge is -2.23. The number of likely N-dealkylation sites (N-methyl/N-ethyl adjacent to an activating group) is 1. The molecule has 1 atom stereocenters. The highest BCUT2D eigenvalue weighted by Crippen LogP contribution is 2.14. The van der Waals surface area contributed by atoms with E-state index < -0.39 is 0 Å². The molecule has 0 radical (unpaired) electrons. The Bertz CT molecular complexity index is 656. The van der Waals surface area contributed by atoms with E-state index in [-0.39, 0.29) is 18.6 Å². The van der Waals surface area contributed by atoms with Crippen LogP contribution in [-0.4, -0.2) is 40.6 Å². The van der Waals surface area contributed by atoms with Gasteiger partial charge in [-0.25, -0.2) is 0 Å². The van der Waals surface area contributed by atoms with Gasteiger partial charge in [0.15, 0.2) is 0 Å². The third-order valence-corrected chi connectivity index (χ3v) is 3.71. The van der Waals surface area contributed by atoms with Crippen LogP contribution in [0.4, 0.5) is 0 Å². The average molecular weight is 314 g/mol. The smallest absolute Gasteiger partial charge is 0.253 e. The van der Waals surface area contributed by atoms with Crippen LogP contribution >= 0.6 is 0 Å². The minimum Gasteiger partial charge on any atom is -0.487 e. The molecule has 5 heteroatoms. The molecule has 5 nitrogen and oxygen atoms in total. The summed E-state index contributed by atoms with van der Waals surface area (Å²) in [5.41, 5.74) is 2.42. The van der Waals surface area contributed by atoms with Gasteiger partial charge in [-0.15, -0.1) is 0 Å². The van der Waals surface area contributed by atoms with E-state index in [1.807, 2.05) is 37.3 Å². The van der Waals surface area contributed by atoms with Crippen LogP contribution in [0.2, 0.25) is 0 Å². The molecule has 1 heterocycles. The average Bonchev–Trinajstić information content (AvgIpc) is 2.59. The first-order chi connectivity index (χ1) is 11.0. The molecule has 0 saturated carbocycles. The Morgan fingerprint density at radius 1 is 1.35 bits per heavy atom. The van der Waals surface area contributed by atoms with Crippen molar-refractivity contribution in [3.05, 3.63) is 59.4 Å². The van der Waals surface area contributed by atoms with Crippen LogP contribution < -0.4 is 4.74 Å². The first kappa shape index (κ1) is 17.0. The van der Waals surface area contributed by atoms with Gasteiger partial charge in [0.05, 0.1) is 18.8 Å². The second-order valence-corrected chi connectivity index (χ2v) is 5.57. The zero-order valence-electron chi connectivity index (χ0n) is 13.7. The van der Waals surface area contributed by atoms with E-state index in [1.54, 1.807) is 26.2 Å². The molecule has 122 valence electrons. The Kier molecular flexibility index (Phi) is 5.71. The molecule has 0 saturated heterocycles. The maximum atomic E-state index is 12.4. The van der Waals surface area contributed by atoms with Crippen molar-refractivity contribution in [3.8, 4) is 5.75 Å². The van der Waals surface area contributed by atoms with Crippen LogP contribution in [0.1, 0.15) is 28.5 Å². The third-order valence-electron chi connectivity index (χ3n) is 3.71. The van der Waals surface area contributed by atoms with Gasteiger partial charge in [0.25, 0.3) is 5.91 Å². The summed E-state index contributed by atoms with van der Waals surface area (Å²) >= 11 is 0. The number of rotatable bonds is 6. The number of hydrogen-bond donors (Lipinski definition) is 1. The molecular weight excluding hydrogens is 292 g/mol. The molecule has 0 fully saturated rings. The lowest BCUT2D eigenvalue weighted by atomic mass is 10.1. The molecule has 23 heavy (non-hydrogen) atoms. The molecule has 2 aromatic rings. The minimum absolute atomic E-state index is 0.0640. The van der Waals surface area contributed by atoms with E-state index in [0.29, 0.717) is 17.9 Å². The summed E-state index contributed by atoms with van der Waals surface area (Å²) < 4.78 is 5.68. The molecule has 1 amide bonds. The summed E-state index contributed by atoms with van der Waals surface area (Å²) in [6, 6.07) is 10.9. The lowest BCUT2D eigenvalue weighted by molar-refractivity contribution is 0.0682. The SMILES string of the molecule is Cc1ccc(OCc2cccc(C(=O)N(C)C(C)CO)c2)cn1. The van der Waals surface area contributed by atoms with Crippen molar-refractivity contribution in [3.63, 3.8) is 0 Å². The van der Waals surface area contributed by atoms with Crippen LogP contribution in [0, 0.1) is 6.92 Å². The van der Waals surface area contributed by atoms with Gasteiger partial charge in [0.1, 0.15) is 12.4 Å². The van der Waals surface area contributed by atoms with E-state index in [9.17, 15) is 4.79 Å². The van der Waals surface area contributed by atoms with Crippen molar-refractivity contribution in [1.29, 1.82) is 0 Å². The van der Waals surface area contributed by atoms with Gasteiger partial charge >= 0.3 is 0 Å². The fraction of sp³-hybridized carbons (Fsp3) is 0.333.